The molecule has 3 heterocycles. The maximum Gasteiger partial charge on any atom is 0.228 e. The van der Waals surface area contributed by atoms with E-state index in [9.17, 15) is 9.59 Å². The lowest BCUT2D eigenvalue weighted by Gasteiger charge is -2.34. The Balaban J connectivity index is 1.45. The van der Waals surface area contributed by atoms with Crippen molar-refractivity contribution in [2.24, 2.45) is 5.92 Å². The van der Waals surface area contributed by atoms with Crippen LogP contribution in [0.5, 0.6) is 0 Å². The quantitative estimate of drug-likeness (QED) is 0.816. The number of likely N-dealkylation sites (tertiary alicyclic amines) is 2. The number of para-hydroxylation sites is 1. The number of rotatable bonds is 5. The molecule has 0 aliphatic carbocycles. The molecule has 4 rings (SSSR count). The second-order valence-corrected chi connectivity index (χ2v) is 8.82. The monoisotopic (exact) mass is 409 g/mol. The lowest BCUT2D eigenvalue weighted by Crippen LogP contribution is -2.43. The maximum atomic E-state index is 13.2. The zero-order chi connectivity index (χ0) is 21.3. The van der Waals surface area contributed by atoms with Crippen LogP contribution in [0.3, 0.4) is 0 Å². The lowest BCUT2D eigenvalue weighted by atomic mass is 9.91. The van der Waals surface area contributed by atoms with Crippen LogP contribution in [0.4, 0.5) is 5.69 Å². The maximum absolute atomic E-state index is 13.2. The van der Waals surface area contributed by atoms with E-state index in [2.05, 4.69) is 4.90 Å². The number of amides is 2. The van der Waals surface area contributed by atoms with E-state index in [1.54, 1.807) is 0 Å². The molecule has 2 N–H and O–H groups in total. The van der Waals surface area contributed by atoms with Gasteiger partial charge in [-0.3, -0.25) is 14.6 Å². The van der Waals surface area contributed by atoms with Crippen molar-refractivity contribution in [1.29, 1.82) is 0 Å². The predicted molar refractivity (Wildman–Crippen MR) is 118 cm³/mol. The van der Waals surface area contributed by atoms with Crippen molar-refractivity contribution in [2.45, 2.75) is 25.2 Å². The van der Waals surface area contributed by atoms with Crippen LogP contribution >= 0.6 is 0 Å². The summed E-state index contributed by atoms with van der Waals surface area (Å²) >= 11 is 0. The fourth-order valence-corrected chi connectivity index (χ4v) is 4.61. The molecule has 7 heteroatoms. The Kier molecular flexibility index (Phi) is 5.90. The van der Waals surface area contributed by atoms with Gasteiger partial charge in [-0.2, -0.15) is 0 Å². The molecule has 0 radical (unpaired) electrons. The minimum atomic E-state index is -0.236. The van der Waals surface area contributed by atoms with Crippen LogP contribution in [0.2, 0.25) is 0 Å². The number of likely N-dealkylation sites (N-methyl/N-ethyl adjacent to an activating group) is 1. The van der Waals surface area contributed by atoms with E-state index in [-0.39, 0.29) is 23.7 Å². The van der Waals surface area contributed by atoms with Crippen molar-refractivity contribution in [3.05, 3.63) is 36.0 Å². The van der Waals surface area contributed by atoms with Gasteiger partial charge in [0.15, 0.2) is 0 Å². The van der Waals surface area contributed by atoms with Gasteiger partial charge in [0.2, 0.25) is 11.8 Å². The van der Waals surface area contributed by atoms with Gasteiger partial charge in [0.05, 0.1) is 22.8 Å². The van der Waals surface area contributed by atoms with Crippen LogP contribution in [-0.2, 0) is 9.59 Å². The summed E-state index contributed by atoms with van der Waals surface area (Å²) in [6, 6.07) is 9.95. The summed E-state index contributed by atoms with van der Waals surface area (Å²) in [6.07, 6.45) is 2.22. The Labute approximate surface area is 177 Å². The molecule has 2 atom stereocenters. The highest BCUT2D eigenvalue weighted by atomic mass is 16.2. The molecule has 2 fully saturated rings. The SMILES string of the molecule is CN(C)CCN1C[C@@H](C(=O)N2CCC[C@@H](c3nc4ccccc4cc3N)C2)CC1=O. The fourth-order valence-electron chi connectivity index (χ4n) is 4.61. The van der Waals surface area contributed by atoms with E-state index in [1.807, 2.05) is 54.2 Å². The van der Waals surface area contributed by atoms with Gasteiger partial charge in [0.1, 0.15) is 0 Å². The third-order valence-electron chi connectivity index (χ3n) is 6.29. The molecule has 2 aliphatic heterocycles. The molecular weight excluding hydrogens is 378 g/mol. The van der Waals surface area contributed by atoms with E-state index in [0.29, 0.717) is 31.7 Å². The third-order valence-corrected chi connectivity index (χ3v) is 6.29. The van der Waals surface area contributed by atoms with Gasteiger partial charge in [-0.15, -0.1) is 0 Å². The number of piperidine rings is 1. The standard InChI is InChI=1S/C23H31N5O2/c1-26(2)10-11-27-15-18(13-21(27)29)23(30)28-9-5-7-17(14-28)22-19(24)12-16-6-3-4-8-20(16)25-22/h3-4,6,8,12,17-18H,5,7,9-11,13-15,24H2,1-2H3/t17-,18+/m1/s1. The molecule has 1 aromatic heterocycles. The summed E-state index contributed by atoms with van der Waals surface area (Å²) in [6.45, 7) is 3.38. The normalized spacial score (nSPS) is 22.3. The zero-order valence-electron chi connectivity index (χ0n) is 17.9. The average Bonchev–Trinajstić information content (AvgIpc) is 3.11. The molecule has 7 nitrogen and oxygen atoms in total. The first kappa shape index (κ1) is 20.6. The molecule has 0 unspecified atom stereocenters. The Morgan fingerprint density at radius 1 is 1.27 bits per heavy atom. The number of carbonyl (C=O) groups is 2. The van der Waals surface area contributed by atoms with Crippen LogP contribution in [0.15, 0.2) is 30.3 Å². The number of hydrogen-bond acceptors (Lipinski definition) is 5. The minimum absolute atomic E-state index is 0.0872. The molecule has 160 valence electrons. The van der Waals surface area contributed by atoms with Crippen LogP contribution in [0, 0.1) is 5.92 Å². The van der Waals surface area contributed by atoms with Crippen LogP contribution in [-0.4, -0.2) is 78.3 Å². The molecule has 2 aromatic rings. The van der Waals surface area contributed by atoms with Crippen molar-refractivity contribution in [3.8, 4) is 0 Å². The van der Waals surface area contributed by atoms with E-state index in [0.717, 1.165) is 42.5 Å². The topological polar surface area (TPSA) is 82.8 Å². The van der Waals surface area contributed by atoms with Gasteiger partial charge in [-0.1, -0.05) is 18.2 Å². The number of aromatic nitrogens is 1. The number of nitrogens with two attached hydrogens (primary N) is 1. The largest absolute Gasteiger partial charge is 0.397 e. The third kappa shape index (κ3) is 4.26. The second kappa shape index (κ2) is 8.60. The molecule has 30 heavy (non-hydrogen) atoms. The Hall–Kier alpha value is -2.67. The van der Waals surface area contributed by atoms with Gasteiger partial charge in [0, 0.05) is 50.4 Å². The number of benzene rings is 1. The highest BCUT2D eigenvalue weighted by molar-refractivity contribution is 5.89. The van der Waals surface area contributed by atoms with E-state index in [4.69, 9.17) is 10.7 Å². The Morgan fingerprint density at radius 2 is 2.07 bits per heavy atom. The van der Waals surface area contributed by atoms with Gasteiger partial charge < -0.3 is 20.4 Å². The molecule has 2 aliphatic rings. The fraction of sp³-hybridized carbons (Fsp3) is 0.522. The van der Waals surface area contributed by atoms with Crippen LogP contribution in [0.25, 0.3) is 10.9 Å². The predicted octanol–water partition coefficient (Wildman–Crippen LogP) is 1.93. The van der Waals surface area contributed by atoms with Crippen molar-refractivity contribution < 1.29 is 9.59 Å². The Bertz CT molecular complexity index is 944. The second-order valence-electron chi connectivity index (χ2n) is 8.82. The first-order valence-corrected chi connectivity index (χ1v) is 10.8. The van der Waals surface area contributed by atoms with Gasteiger partial charge >= 0.3 is 0 Å². The summed E-state index contributed by atoms with van der Waals surface area (Å²) in [5, 5.41) is 1.03. The molecule has 2 saturated heterocycles. The molecule has 0 spiro atoms. The smallest absolute Gasteiger partial charge is 0.228 e. The highest BCUT2D eigenvalue weighted by Gasteiger charge is 2.38. The van der Waals surface area contributed by atoms with Gasteiger partial charge in [-0.25, -0.2) is 0 Å². The summed E-state index contributed by atoms with van der Waals surface area (Å²) in [7, 11) is 3.98. The van der Waals surface area contributed by atoms with E-state index < -0.39 is 0 Å². The minimum Gasteiger partial charge on any atom is -0.397 e. The number of nitrogens with zero attached hydrogens (tertiary/aromatic N) is 4. The molecule has 2 amide bonds. The van der Waals surface area contributed by atoms with Gasteiger partial charge in [0.25, 0.3) is 0 Å². The summed E-state index contributed by atoms with van der Waals surface area (Å²) < 4.78 is 0. The van der Waals surface area contributed by atoms with E-state index >= 15 is 0 Å². The first-order valence-electron chi connectivity index (χ1n) is 10.8. The van der Waals surface area contributed by atoms with Crippen molar-refractivity contribution in [2.75, 3.05) is 52.6 Å². The Morgan fingerprint density at radius 3 is 2.87 bits per heavy atom. The first-order chi connectivity index (χ1) is 14.4. The average molecular weight is 410 g/mol. The molecule has 0 bridgehead atoms. The summed E-state index contributed by atoms with van der Waals surface area (Å²) in [5.41, 5.74) is 8.85. The molecular formula is C23H31N5O2. The number of anilines is 1. The van der Waals surface area contributed by atoms with Crippen molar-refractivity contribution >= 4 is 28.4 Å². The number of fused-ring (bicyclic) bond motifs is 1. The summed E-state index contributed by atoms with van der Waals surface area (Å²) in [4.78, 5) is 36.2. The summed E-state index contributed by atoms with van der Waals surface area (Å²) in [5.74, 6) is 0.0820. The number of nitrogen functional groups attached to an aromatic ring is 1. The number of pyridine rings is 1. The van der Waals surface area contributed by atoms with Crippen molar-refractivity contribution in [1.82, 2.24) is 19.7 Å². The van der Waals surface area contributed by atoms with Gasteiger partial charge in [-0.05, 0) is 39.1 Å². The van der Waals surface area contributed by atoms with E-state index in [1.165, 1.54) is 0 Å². The highest BCUT2D eigenvalue weighted by Crippen LogP contribution is 2.32. The van der Waals surface area contributed by atoms with Crippen molar-refractivity contribution in [3.63, 3.8) is 0 Å². The molecule has 1 aromatic carbocycles. The molecule has 0 saturated carbocycles. The number of hydrogen-bond donors (Lipinski definition) is 1. The lowest BCUT2D eigenvalue weighted by molar-refractivity contribution is -0.137. The van der Waals surface area contributed by atoms with Crippen LogP contribution in [0.1, 0.15) is 30.9 Å². The number of carbonyl (C=O) groups excluding carboxylic acids is 2. The van der Waals surface area contributed by atoms with Crippen LogP contribution < -0.4 is 5.73 Å². The zero-order valence-corrected chi connectivity index (χ0v) is 17.9.